The minimum Gasteiger partial charge on any atom is -0.491 e. The van der Waals surface area contributed by atoms with Crippen molar-refractivity contribution in [3.05, 3.63) is 59.4 Å². The average Bonchev–Trinajstić information content (AvgIpc) is 3.09. The SMILES string of the molecule is CCC(CC)C(=O)NCCc1nc2ccccc2n1CCOc1cccc(C)c1C. The number of aromatic nitrogens is 2. The van der Waals surface area contributed by atoms with Crippen LogP contribution in [0.25, 0.3) is 11.0 Å². The van der Waals surface area contributed by atoms with E-state index in [0.717, 1.165) is 35.4 Å². The second kappa shape index (κ2) is 10.3. The Morgan fingerprint density at radius 3 is 2.63 bits per heavy atom. The van der Waals surface area contributed by atoms with Crippen LogP contribution in [0.4, 0.5) is 0 Å². The van der Waals surface area contributed by atoms with Crippen LogP contribution in [-0.4, -0.2) is 28.6 Å². The van der Waals surface area contributed by atoms with Crippen molar-refractivity contribution < 1.29 is 9.53 Å². The van der Waals surface area contributed by atoms with Gasteiger partial charge in [-0.25, -0.2) is 4.98 Å². The molecule has 0 spiro atoms. The van der Waals surface area contributed by atoms with E-state index in [0.29, 0.717) is 26.1 Å². The van der Waals surface area contributed by atoms with Crippen LogP contribution in [0.3, 0.4) is 0 Å². The molecule has 0 fully saturated rings. The number of benzene rings is 2. The van der Waals surface area contributed by atoms with Gasteiger partial charge >= 0.3 is 0 Å². The molecule has 0 bridgehead atoms. The molecule has 3 aromatic rings. The largest absolute Gasteiger partial charge is 0.491 e. The van der Waals surface area contributed by atoms with Crippen molar-refractivity contribution in [3.8, 4) is 5.75 Å². The molecule has 0 radical (unpaired) electrons. The highest BCUT2D eigenvalue weighted by molar-refractivity contribution is 5.78. The average molecular weight is 408 g/mol. The van der Waals surface area contributed by atoms with Crippen molar-refractivity contribution in [2.45, 2.75) is 53.5 Å². The smallest absolute Gasteiger partial charge is 0.223 e. The Morgan fingerprint density at radius 2 is 1.87 bits per heavy atom. The molecule has 0 aliphatic rings. The second-order valence-electron chi connectivity index (χ2n) is 7.77. The van der Waals surface area contributed by atoms with Crippen LogP contribution < -0.4 is 10.1 Å². The van der Waals surface area contributed by atoms with Crippen molar-refractivity contribution in [2.75, 3.05) is 13.2 Å². The van der Waals surface area contributed by atoms with Crippen LogP contribution in [-0.2, 0) is 17.8 Å². The molecule has 5 nitrogen and oxygen atoms in total. The lowest BCUT2D eigenvalue weighted by atomic mass is 10.0. The number of nitrogens with zero attached hydrogens (tertiary/aromatic N) is 2. The van der Waals surface area contributed by atoms with Crippen molar-refractivity contribution in [1.82, 2.24) is 14.9 Å². The number of imidazole rings is 1. The van der Waals surface area contributed by atoms with Gasteiger partial charge in [0, 0.05) is 18.9 Å². The minimum absolute atomic E-state index is 0.0924. The number of aryl methyl sites for hydroxylation is 1. The molecule has 160 valence electrons. The summed E-state index contributed by atoms with van der Waals surface area (Å²) in [4.78, 5) is 17.1. The van der Waals surface area contributed by atoms with E-state index in [1.54, 1.807) is 0 Å². The third-order valence-corrected chi connectivity index (χ3v) is 5.87. The van der Waals surface area contributed by atoms with Gasteiger partial charge in [-0.1, -0.05) is 38.1 Å². The summed E-state index contributed by atoms with van der Waals surface area (Å²) in [5.74, 6) is 2.14. The van der Waals surface area contributed by atoms with E-state index in [1.165, 1.54) is 11.1 Å². The Labute approximate surface area is 179 Å². The molecule has 0 saturated heterocycles. The van der Waals surface area contributed by atoms with Crippen LogP contribution in [0, 0.1) is 19.8 Å². The van der Waals surface area contributed by atoms with Gasteiger partial charge in [-0.2, -0.15) is 0 Å². The highest BCUT2D eigenvalue weighted by Crippen LogP contribution is 2.21. The first-order valence-corrected chi connectivity index (χ1v) is 11.0. The molecule has 0 atom stereocenters. The van der Waals surface area contributed by atoms with Gasteiger partial charge in [0.15, 0.2) is 0 Å². The number of hydrogen-bond donors (Lipinski definition) is 1. The highest BCUT2D eigenvalue weighted by atomic mass is 16.5. The van der Waals surface area contributed by atoms with Gasteiger partial charge in [0.25, 0.3) is 0 Å². The molecule has 1 heterocycles. The predicted octanol–water partition coefficient (Wildman–Crippen LogP) is 4.83. The lowest BCUT2D eigenvalue weighted by molar-refractivity contribution is -0.125. The zero-order chi connectivity index (χ0) is 21.5. The molecule has 30 heavy (non-hydrogen) atoms. The lowest BCUT2D eigenvalue weighted by Gasteiger charge is -2.14. The number of rotatable bonds is 10. The van der Waals surface area contributed by atoms with Gasteiger partial charge in [-0.15, -0.1) is 0 Å². The maximum atomic E-state index is 12.3. The van der Waals surface area contributed by atoms with Crippen LogP contribution in [0.1, 0.15) is 43.6 Å². The first kappa shape index (κ1) is 21.9. The van der Waals surface area contributed by atoms with E-state index in [4.69, 9.17) is 9.72 Å². The normalized spacial score (nSPS) is 11.2. The van der Waals surface area contributed by atoms with Gasteiger partial charge in [-0.3, -0.25) is 4.79 Å². The van der Waals surface area contributed by atoms with Crippen molar-refractivity contribution >= 4 is 16.9 Å². The van der Waals surface area contributed by atoms with Crippen molar-refractivity contribution in [1.29, 1.82) is 0 Å². The standard InChI is InChI=1S/C25H33N3O2/c1-5-20(6-2)25(29)26-15-14-24-27-21-11-7-8-12-22(21)28(24)16-17-30-23-13-9-10-18(3)19(23)4/h7-13,20H,5-6,14-17H2,1-4H3,(H,26,29). The second-order valence-corrected chi connectivity index (χ2v) is 7.77. The Morgan fingerprint density at radius 1 is 1.10 bits per heavy atom. The van der Waals surface area contributed by atoms with E-state index in [-0.39, 0.29) is 11.8 Å². The third kappa shape index (κ3) is 5.02. The van der Waals surface area contributed by atoms with Gasteiger partial charge in [0.05, 0.1) is 17.6 Å². The fraction of sp³-hybridized carbons (Fsp3) is 0.440. The first-order chi connectivity index (χ1) is 14.5. The van der Waals surface area contributed by atoms with E-state index in [1.807, 2.05) is 30.3 Å². The molecule has 0 aliphatic heterocycles. The van der Waals surface area contributed by atoms with Crippen molar-refractivity contribution in [3.63, 3.8) is 0 Å². The summed E-state index contributed by atoms with van der Waals surface area (Å²) in [6.07, 6.45) is 2.44. The third-order valence-electron chi connectivity index (χ3n) is 5.87. The summed E-state index contributed by atoms with van der Waals surface area (Å²) in [6, 6.07) is 14.3. The molecule has 0 unspecified atom stereocenters. The Hall–Kier alpha value is -2.82. The summed E-state index contributed by atoms with van der Waals surface area (Å²) in [7, 11) is 0. The summed E-state index contributed by atoms with van der Waals surface area (Å²) in [5, 5.41) is 3.08. The molecule has 1 amide bonds. The number of nitrogens with one attached hydrogen (secondary N) is 1. The minimum atomic E-state index is 0.0924. The van der Waals surface area contributed by atoms with Crippen LogP contribution >= 0.6 is 0 Å². The maximum Gasteiger partial charge on any atom is 0.223 e. The topological polar surface area (TPSA) is 56.2 Å². The molecule has 2 aromatic carbocycles. The monoisotopic (exact) mass is 407 g/mol. The van der Waals surface area contributed by atoms with Gasteiger partial charge in [0.2, 0.25) is 5.91 Å². The van der Waals surface area contributed by atoms with Gasteiger partial charge in [0.1, 0.15) is 18.2 Å². The molecule has 3 rings (SSSR count). The number of fused-ring (bicyclic) bond motifs is 1. The van der Waals surface area contributed by atoms with E-state index < -0.39 is 0 Å². The molecule has 0 saturated carbocycles. The molecular weight excluding hydrogens is 374 g/mol. The number of carbonyl (C=O) groups is 1. The summed E-state index contributed by atoms with van der Waals surface area (Å²) >= 11 is 0. The van der Waals surface area contributed by atoms with Crippen LogP contribution in [0.5, 0.6) is 5.75 Å². The molecule has 0 aliphatic carbocycles. The fourth-order valence-corrected chi connectivity index (χ4v) is 3.79. The number of amides is 1. The van der Waals surface area contributed by atoms with E-state index >= 15 is 0 Å². The zero-order valence-electron chi connectivity index (χ0n) is 18.6. The Balaban J connectivity index is 1.68. The number of hydrogen-bond acceptors (Lipinski definition) is 3. The summed E-state index contributed by atoms with van der Waals surface area (Å²) in [6.45, 7) is 10.2. The van der Waals surface area contributed by atoms with Gasteiger partial charge in [-0.05, 0) is 56.0 Å². The Kier molecular flexibility index (Phi) is 7.50. The molecule has 1 N–H and O–H groups in total. The van der Waals surface area contributed by atoms with Crippen molar-refractivity contribution in [2.24, 2.45) is 5.92 Å². The van der Waals surface area contributed by atoms with Gasteiger partial charge < -0.3 is 14.6 Å². The lowest BCUT2D eigenvalue weighted by Crippen LogP contribution is -2.32. The Bertz CT molecular complexity index is 989. The summed E-state index contributed by atoms with van der Waals surface area (Å²) in [5.41, 5.74) is 4.49. The number of carbonyl (C=O) groups excluding carboxylic acids is 1. The van der Waals surface area contributed by atoms with E-state index in [2.05, 4.69) is 49.7 Å². The molecule has 1 aromatic heterocycles. The number of para-hydroxylation sites is 2. The first-order valence-electron chi connectivity index (χ1n) is 11.0. The summed E-state index contributed by atoms with van der Waals surface area (Å²) < 4.78 is 8.29. The van der Waals surface area contributed by atoms with Crippen LogP contribution in [0.2, 0.25) is 0 Å². The van der Waals surface area contributed by atoms with E-state index in [9.17, 15) is 4.79 Å². The maximum absolute atomic E-state index is 12.3. The zero-order valence-corrected chi connectivity index (χ0v) is 18.6. The van der Waals surface area contributed by atoms with Crippen LogP contribution in [0.15, 0.2) is 42.5 Å². The predicted molar refractivity (Wildman–Crippen MR) is 122 cm³/mol. The highest BCUT2D eigenvalue weighted by Gasteiger charge is 2.15. The number of ether oxygens (including phenoxy) is 1. The molecule has 5 heteroatoms. The fourth-order valence-electron chi connectivity index (χ4n) is 3.79. The quantitative estimate of drug-likeness (QED) is 0.524. The molecular formula is C25H33N3O2.